The van der Waals surface area contributed by atoms with E-state index in [4.69, 9.17) is 16.7 Å². The zero-order chi connectivity index (χ0) is 8.73. The van der Waals surface area contributed by atoms with Gasteiger partial charge in [-0.15, -0.1) is 0 Å². The molecule has 2 nitrogen and oxygen atoms in total. The molecule has 0 radical (unpaired) electrons. The average Bonchev–Trinajstić information content (AvgIpc) is 1.63. The molecule has 0 aromatic heterocycles. The Balaban J connectivity index is 0. The number of hydrogen-bond donors (Lipinski definition) is 1. The van der Waals surface area contributed by atoms with Crippen molar-refractivity contribution in [3.05, 3.63) is 0 Å². The molecule has 62 valence electrons. The van der Waals surface area contributed by atoms with Crippen LogP contribution in [0.3, 0.4) is 0 Å². The van der Waals surface area contributed by atoms with Crippen molar-refractivity contribution < 1.29 is 9.90 Å². The van der Waals surface area contributed by atoms with E-state index in [1.807, 2.05) is 0 Å². The first-order valence-corrected chi connectivity index (χ1v) is 3.63. The first-order chi connectivity index (χ1) is 4.37. The highest BCUT2D eigenvalue weighted by Gasteiger charge is 1.98. The molecule has 0 heterocycles. The Morgan fingerprint density at radius 1 is 1.30 bits per heavy atom. The molecule has 1 N–H and O–H groups in total. The Bertz CT molecular complexity index is 86.9. The highest BCUT2D eigenvalue weighted by Crippen LogP contribution is 1.95. The van der Waals surface area contributed by atoms with Crippen LogP contribution in [0.25, 0.3) is 0 Å². The number of carbonyl (C=O) groups excluding carboxylic acids is 1. The lowest BCUT2D eigenvalue weighted by Crippen LogP contribution is -1.95. The molecule has 0 amide bonds. The van der Waals surface area contributed by atoms with Crippen LogP contribution in [0.1, 0.15) is 27.7 Å². The summed E-state index contributed by atoms with van der Waals surface area (Å²) in [7, 11) is 0. The van der Waals surface area contributed by atoms with Crippen LogP contribution in [-0.2, 0) is 4.79 Å². The molecule has 0 spiro atoms. The summed E-state index contributed by atoms with van der Waals surface area (Å²) in [6.45, 7) is 6.96. The van der Waals surface area contributed by atoms with Gasteiger partial charge in [-0.25, -0.2) is 0 Å². The second-order valence-electron chi connectivity index (χ2n) is 2.55. The molecule has 0 aromatic rings. The van der Waals surface area contributed by atoms with Crippen LogP contribution in [-0.4, -0.2) is 16.5 Å². The van der Waals surface area contributed by atoms with Crippen molar-refractivity contribution in [3.8, 4) is 0 Å². The van der Waals surface area contributed by atoms with Crippen molar-refractivity contribution in [1.82, 2.24) is 0 Å². The maximum absolute atomic E-state index is 9.91. The molecule has 0 fully saturated rings. The van der Waals surface area contributed by atoms with Crippen molar-refractivity contribution in [2.75, 3.05) is 0 Å². The maximum Gasteiger partial charge on any atom is 0.224 e. The monoisotopic (exact) mass is 166 g/mol. The summed E-state index contributed by atoms with van der Waals surface area (Å²) in [4.78, 5) is 9.91. The Hall–Kier alpha value is -0.0800. The summed E-state index contributed by atoms with van der Waals surface area (Å²) >= 11 is 4.97. The van der Waals surface area contributed by atoms with Crippen LogP contribution >= 0.6 is 11.6 Å². The van der Waals surface area contributed by atoms with Gasteiger partial charge in [0.25, 0.3) is 0 Å². The van der Waals surface area contributed by atoms with Crippen molar-refractivity contribution in [3.63, 3.8) is 0 Å². The summed E-state index contributed by atoms with van der Waals surface area (Å²) in [6.07, 6.45) is -0.167. The second kappa shape index (κ2) is 7.03. The van der Waals surface area contributed by atoms with Gasteiger partial charge < -0.3 is 5.11 Å². The van der Waals surface area contributed by atoms with Crippen molar-refractivity contribution in [2.45, 2.75) is 33.8 Å². The van der Waals surface area contributed by atoms with Gasteiger partial charge in [-0.2, -0.15) is 0 Å². The molecule has 0 aliphatic rings. The van der Waals surface area contributed by atoms with Crippen LogP contribution in [0.15, 0.2) is 0 Å². The Labute approximate surface area is 67.2 Å². The molecule has 0 rings (SSSR count). The molecule has 0 saturated carbocycles. The number of hydrogen-bond acceptors (Lipinski definition) is 2. The molecular formula is C7H15ClO2. The summed E-state index contributed by atoms with van der Waals surface area (Å²) in [6, 6.07) is 0. The van der Waals surface area contributed by atoms with Crippen LogP contribution in [0, 0.1) is 5.92 Å². The van der Waals surface area contributed by atoms with E-state index < -0.39 is 0 Å². The third-order valence-electron chi connectivity index (χ3n) is 0.454. The predicted octanol–water partition coefficient (Wildman–Crippen LogP) is 1.79. The smallest absolute Gasteiger partial charge is 0.224 e. The SMILES string of the molecule is CC(C)C(=O)Cl.CC(C)O. The number of aliphatic hydroxyl groups is 1. The Morgan fingerprint density at radius 2 is 1.40 bits per heavy atom. The molecule has 0 bridgehead atoms. The van der Waals surface area contributed by atoms with E-state index in [9.17, 15) is 4.79 Å². The van der Waals surface area contributed by atoms with E-state index in [1.165, 1.54) is 0 Å². The molecule has 0 saturated heterocycles. The normalized spacial score (nSPS) is 9.20. The van der Waals surface area contributed by atoms with Gasteiger partial charge in [0.1, 0.15) is 0 Å². The van der Waals surface area contributed by atoms with Crippen LogP contribution in [0.2, 0.25) is 0 Å². The van der Waals surface area contributed by atoms with Crippen molar-refractivity contribution >= 4 is 16.8 Å². The first kappa shape index (κ1) is 12.6. The number of carbonyl (C=O) groups is 1. The average molecular weight is 167 g/mol. The molecule has 0 aliphatic carbocycles. The van der Waals surface area contributed by atoms with Crippen molar-refractivity contribution in [2.24, 2.45) is 5.92 Å². The number of rotatable bonds is 1. The Morgan fingerprint density at radius 3 is 1.40 bits per heavy atom. The first-order valence-electron chi connectivity index (χ1n) is 3.25. The van der Waals surface area contributed by atoms with E-state index in [1.54, 1.807) is 27.7 Å². The van der Waals surface area contributed by atoms with Crippen LogP contribution in [0.5, 0.6) is 0 Å². The molecule has 0 unspecified atom stereocenters. The highest BCUT2D eigenvalue weighted by molar-refractivity contribution is 6.63. The highest BCUT2D eigenvalue weighted by atomic mass is 35.5. The van der Waals surface area contributed by atoms with E-state index >= 15 is 0 Å². The summed E-state index contributed by atoms with van der Waals surface area (Å²) in [5.41, 5.74) is 0. The minimum Gasteiger partial charge on any atom is -0.394 e. The fourth-order valence-electron chi connectivity index (χ4n) is 0. The molecule has 3 heteroatoms. The molecule has 10 heavy (non-hydrogen) atoms. The third kappa shape index (κ3) is 24.7. The lowest BCUT2D eigenvalue weighted by molar-refractivity contribution is -0.114. The van der Waals surface area contributed by atoms with Crippen LogP contribution < -0.4 is 0 Å². The molecular weight excluding hydrogens is 152 g/mol. The van der Waals surface area contributed by atoms with E-state index in [2.05, 4.69) is 0 Å². The maximum atomic E-state index is 9.91. The molecule has 0 aliphatic heterocycles. The van der Waals surface area contributed by atoms with Gasteiger partial charge in [0, 0.05) is 12.0 Å². The van der Waals surface area contributed by atoms with Gasteiger partial charge in [0.05, 0.1) is 0 Å². The fraction of sp³-hybridized carbons (Fsp3) is 0.857. The van der Waals surface area contributed by atoms with Gasteiger partial charge in [0.15, 0.2) is 0 Å². The molecule has 0 aromatic carbocycles. The minimum atomic E-state index is -0.269. The topological polar surface area (TPSA) is 37.3 Å². The van der Waals surface area contributed by atoms with Crippen molar-refractivity contribution in [1.29, 1.82) is 0 Å². The fourth-order valence-corrected chi connectivity index (χ4v) is 0. The summed E-state index contributed by atoms with van der Waals surface area (Å²) < 4.78 is 0. The third-order valence-corrected chi connectivity index (χ3v) is 0.890. The van der Waals surface area contributed by atoms with Gasteiger partial charge >= 0.3 is 0 Å². The zero-order valence-corrected chi connectivity index (χ0v) is 7.64. The lowest BCUT2D eigenvalue weighted by atomic mass is 10.3. The van der Waals surface area contributed by atoms with E-state index in [0.717, 1.165) is 0 Å². The lowest BCUT2D eigenvalue weighted by Gasteiger charge is -1.88. The van der Waals surface area contributed by atoms with E-state index in [0.29, 0.717) is 0 Å². The van der Waals surface area contributed by atoms with Gasteiger partial charge in [-0.05, 0) is 25.4 Å². The predicted molar refractivity (Wildman–Crippen MR) is 43.1 cm³/mol. The minimum absolute atomic E-state index is 0.0216. The van der Waals surface area contributed by atoms with Crippen LogP contribution in [0.4, 0.5) is 0 Å². The Kier molecular flexibility index (Phi) is 8.85. The number of halogens is 1. The largest absolute Gasteiger partial charge is 0.394 e. The quantitative estimate of drug-likeness (QED) is 0.604. The van der Waals surface area contributed by atoms with E-state index in [-0.39, 0.29) is 17.3 Å². The standard InChI is InChI=1S/C4H7ClO.C3H8O/c1-3(2)4(5)6;1-3(2)4/h3H,1-2H3;3-4H,1-2H3. The molecule has 0 atom stereocenters. The number of aliphatic hydroxyl groups excluding tert-OH is 1. The van der Waals surface area contributed by atoms with Gasteiger partial charge in [-0.1, -0.05) is 13.8 Å². The second-order valence-corrected chi connectivity index (χ2v) is 2.93. The summed E-state index contributed by atoms with van der Waals surface area (Å²) in [5, 5.41) is 7.79. The summed E-state index contributed by atoms with van der Waals surface area (Å²) in [5.74, 6) is -0.0216. The zero-order valence-electron chi connectivity index (χ0n) is 6.89. The van der Waals surface area contributed by atoms with Gasteiger partial charge in [-0.3, -0.25) is 4.79 Å². The van der Waals surface area contributed by atoms with Gasteiger partial charge in [0.2, 0.25) is 5.24 Å².